The van der Waals surface area contributed by atoms with E-state index < -0.39 is 0 Å². The van der Waals surface area contributed by atoms with E-state index in [1.807, 2.05) is 26.8 Å². The van der Waals surface area contributed by atoms with Gasteiger partial charge in [-0.05, 0) is 37.5 Å². The summed E-state index contributed by atoms with van der Waals surface area (Å²) in [7, 11) is 1.59. The molecule has 0 radical (unpaired) electrons. The monoisotopic (exact) mass is 360 g/mol. The molecule has 0 aliphatic rings. The van der Waals surface area contributed by atoms with Gasteiger partial charge in [0, 0.05) is 13.3 Å². The molecule has 0 bridgehead atoms. The van der Waals surface area contributed by atoms with Gasteiger partial charge in [-0.25, -0.2) is 4.98 Å². The number of rotatable bonds is 6. The van der Waals surface area contributed by atoms with Crippen molar-refractivity contribution in [1.82, 2.24) is 9.55 Å². The molecule has 132 valence electrons. The summed E-state index contributed by atoms with van der Waals surface area (Å²) >= 11 is 6.11. The molecule has 6 nitrogen and oxygen atoms in total. The van der Waals surface area contributed by atoms with Crippen LogP contribution in [0.4, 0.5) is 11.5 Å². The summed E-state index contributed by atoms with van der Waals surface area (Å²) in [6.45, 7) is 6.15. The molecule has 0 aliphatic heterocycles. The highest BCUT2D eigenvalue weighted by molar-refractivity contribution is 6.29. The third-order valence-corrected chi connectivity index (χ3v) is 4.15. The number of nitriles is 1. The fourth-order valence-electron chi connectivity index (χ4n) is 2.76. The number of halogens is 1. The lowest BCUT2D eigenvalue weighted by molar-refractivity contribution is 0.151. The first-order chi connectivity index (χ1) is 11.9. The molecule has 0 saturated heterocycles. The van der Waals surface area contributed by atoms with Crippen LogP contribution in [0.2, 0.25) is 5.15 Å². The van der Waals surface area contributed by atoms with Crippen molar-refractivity contribution in [1.29, 1.82) is 5.26 Å². The number of aromatic nitrogens is 2. The molecule has 0 spiro atoms. The van der Waals surface area contributed by atoms with Gasteiger partial charge in [0.25, 0.3) is 5.56 Å². The second-order valence-electron chi connectivity index (χ2n) is 5.88. The van der Waals surface area contributed by atoms with Crippen molar-refractivity contribution in [3.8, 4) is 6.07 Å². The van der Waals surface area contributed by atoms with Crippen LogP contribution in [0, 0.1) is 25.2 Å². The molecular weight excluding hydrogens is 340 g/mol. The lowest BCUT2D eigenvalue weighted by Gasteiger charge is -2.19. The van der Waals surface area contributed by atoms with Gasteiger partial charge in [0.1, 0.15) is 11.2 Å². The number of methoxy groups -OCH3 is 1. The number of nitrogens with zero attached hydrogens (tertiary/aromatic N) is 3. The zero-order valence-electron chi connectivity index (χ0n) is 14.8. The van der Waals surface area contributed by atoms with Crippen LogP contribution in [0.25, 0.3) is 0 Å². The Kier molecular flexibility index (Phi) is 6.18. The Labute approximate surface area is 152 Å². The highest BCUT2D eigenvalue weighted by Gasteiger charge is 2.17. The maximum Gasteiger partial charge on any atom is 0.294 e. The van der Waals surface area contributed by atoms with Crippen molar-refractivity contribution in [2.24, 2.45) is 0 Å². The molecule has 1 atom stereocenters. The molecular formula is C18H21ClN4O2. The Balaban J connectivity index is 2.54. The lowest BCUT2D eigenvalue weighted by atomic mass is 10.0. The molecule has 0 aliphatic carbocycles. The first-order valence-electron chi connectivity index (χ1n) is 7.97. The summed E-state index contributed by atoms with van der Waals surface area (Å²) in [6, 6.07) is 5.70. The largest absolute Gasteiger partial charge is 0.383 e. The van der Waals surface area contributed by atoms with E-state index in [-0.39, 0.29) is 22.6 Å². The fraction of sp³-hybridized carbons (Fsp3) is 0.389. The molecule has 25 heavy (non-hydrogen) atoms. The number of hydrogen-bond acceptors (Lipinski definition) is 5. The number of ether oxygens (including phenoxy) is 1. The minimum atomic E-state index is -0.308. The number of nitrogens with one attached hydrogen (secondary N) is 1. The SMILES string of the molecule is CCC(COC)n1cc(Cl)nc(Nc2c(C)cc(C)cc2C#N)c1=O. The molecule has 1 unspecified atom stereocenters. The number of benzene rings is 1. The van der Waals surface area contributed by atoms with Gasteiger partial charge >= 0.3 is 0 Å². The third kappa shape index (κ3) is 4.19. The molecule has 7 heteroatoms. The number of anilines is 2. The molecule has 1 N–H and O–H groups in total. The Hall–Kier alpha value is -2.36. The van der Waals surface area contributed by atoms with Gasteiger partial charge in [0.15, 0.2) is 5.82 Å². The fourth-order valence-corrected chi connectivity index (χ4v) is 2.95. The van der Waals surface area contributed by atoms with E-state index in [1.165, 1.54) is 10.8 Å². The molecule has 2 rings (SSSR count). The van der Waals surface area contributed by atoms with Crippen molar-refractivity contribution in [3.63, 3.8) is 0 Å². The van der Waals surface area contributed by atoms with E-state index in [2.05, 4.69) is 16.4 Å². The van der Waals surface area contributed by atoms with Crippen molar-refractivity contribution in [2.75, 3.05) is 19.0 Å². The van der Waals surface area contributed by atoms with Crippen LogP contribution in [0.15, 0.2) is 23.1 Å². The summed E-state index contributed by atoms with van der Waals surface area (Å²) in [5.74, 6) is 0.0884. The minimum absolute atomic E-state index is 0.0884. The summed E-state index contributed by atoms with van der Waals surface area (Å²) in [4.78, 5) is 16.9. The Bertz CT molecular complexity index is 871. The predicted molar refractivity (Wildman–Crippen MR) is 98.6 cm³/mol. The molecule has 0 saturated carbocycles. The Morgan fingerprint density at radius 3 is 2.76 bits per heavy atom. The van der Waals surface area contributed by atoms with Crippen LogP contribution in [-0.2, 0) is 4.74 Å². The maximum atomic E-state index is 12.8. The van der Waals surface area contributed by atoms with Gasteiger partial charge in [-0.15, -0.1) is 0 Å². The van der Waals surface area contributed by atoms with Gasteiger partial charge in [0.2, 0.25) is 0 Å². The van der Waals surface area contributed by atoms with Gasteiger partial charge in [-0.1, -0.05) is 24.6 Å². The van der Waals surface area contributed by atoms with Crippen LogP contribution in [0.3, 0.4) is 0 Å². The van der Waals surface area contributed by atoms with Crippen LogP contribution >= 0.6 is 11.6 Å². The second-order valence-corrected chi connectivity index (χ2v) is 6.27. The van der Waals surface area contributed by atoms with Crippen molar-refractivity contribution >= 4 is 23.1 Å². The average molecular weight is 361 g/mol. The first kappa shape index (κ1) is 19.0. The topological polar surface area (TPSA) is 79.9 Å². The Morgan fingerprint density at radius 1 is 1.44 bits per heavy atom. The normalized spacial score (nSPS) is 11.8. The Morgan fingerprint density at radius 2 is 2.16 bits per heavy atom. The van der Waals surface area contributed by atoms with E-state index in [0.717, 1.165) is 11.1 Å². The summed E-state index contributed by atoms with van der Waals surface area (Å²) in [5.41, 5.74) is 2.54. The van der Waals surface area contributed by atoms with Crippen molar-refractivity contribution < 1.29 is 4.74 Å². The van der Waals surface area contributed by atoms with Crippen LogP contribution in [0.1, 0.15) is 36.1 Å². The van der Waals surface area contributed by atoms with Gasteiger partial charge in [-0.2, -0.15) is 5.26 Å². The molecule has 1 aromatic carbocycles. The summed E-state index contributed by atoms with van der Waals surface area (Å²) in [5, 5.41) is 12.6. The number of aryl methyl sites for hydroxylation is 2. The summed E-state index contributed by atoms with van der Waals surface area (Å²) < 4.78 is 6.71. The summed E-state index contributed by atoms with van der Waals surface area (Å²) in [6.07, 6.45) is 2.22. The smallest absolute Gasteiger partial charge is 0.294 e. The van der Waals surface area contributed by atoms with E-state index in [1.54, 1.807) is 13.2 Å². The first-order valence-corrected chi connectivity index (χ1v) is 8.35. The zero-order chi connectivity index (χ0) is 18.6. The van der Waals surface area contributed by atoms with Crippen LogP contribution < -0.4 is 10.9 Å². The standard InChI is InChI=1S/C18H21ClN4O2/c1-5-14(10-25-4)23-9-15(19)21-17(18(23)24)22-16-12(3)6-11(2)7-13(16)8-20/h6-7,9,14H,5,10H2,1-4H3,(H,21,22). The van der Waals surface area contributed by atoms with Gasteiger partial charge < -0.3 is 14.6 Å². The molecule has 2 aromatic rings. The molecule has 0 amide bonds. The third-order valence-electron chi connectivity index (χ3n) is 3.97. The van der Waals surface area contributed by atoms with Crippen LogP contribution in [-0.4, -0.2) is 23.3 Å². The quantitative estimate of drug-likeness (QED) is 0.849. The minimum Gasteiger partial charge on any atom is -0.383 e. The van der Waals surface area contributed by atoms with E-state index in [9.17, 15) is 10.1 Å². The zero-order valence-corrected chi connectivity index (χ0v) is 15.5. The maximum absolute atomic E-state index is 12.8. The predicted octanol–water partition coefficient (Wildman–Crippen LogP) is 3.73. The van der Waals surface area contributed by atoms with Gasteiger partial charge in [-0.3, -0.25) is 4.79 Å². The average Bonchev–Trinajstić information content (AvgIpc) is 2.57. The highest BCUT2D eigenvalue weighted by Crippen LogP contribution is 2.25. The van der Waals surface area contributed by atoms with E-state index >= 15 is 0 Å². The van der Waals surface area contributed by atoms with Gasteiger partial charge in [0.05, 0.1) is 23.9 Å². The van der Waals surface area contributed by atoms with Crippen LogP contribution in [0.5, 0.6) is 0 Å². The van der Waals surface area contributed by atoms with E-state index in [4.69, 9.17) is 16.3 Å². The molecule has 0 fully saturated rings. The van der Waals surface area contributed by atoms with E-state index in [0.29, 0.717) is 24.3 Å². The number of hydrogen-bond donors (Lipinski definition) is 1. The molecule has 1 heterocycles. The highest BCUT2D eigenvalue weighted by atomic mass is 35.5. The van der Waals surface area contributed by atoms with Crippen molar-refractivity contribution in [2.45, 2.75) is 33.2 Å². The van der Waals surface area contributed by atoms with Crippen molar-refractivity contribution in [3.05, 3.63) is 50.5 Å². The second kappa shape index (κ2) is 8.15. The molecule has 1 aromatic heterocycles. The lowest BCUT2D eigenvalue weighted by Crippen LogP contribution is -2.29.